The molecule has 16 heavy (non-hydrogen) atoms. The maximum absolute atomic E-state index is 10.2. The molecule has 1 aromatic carbocycles. The van der Waals surface area contributed by atoms with E-state index in [1.807, 2.05) is 0 Å². The smallest absolute Gasteiger partial charge is 0.307 e. The minimum absolute atomic E-state index is 0.0328. The fourth-order valence-corrected chi connectivity index (χ4v) is 0.878. The summed E-state index contributed by atoms with van der Waals surface area (Å²) in [5.74, 6) is -1.58. The summed E-state index contributed by atoms with van der Waals surface area (Å²) < 4.78 is 0. The number of nitrogen functional groups attached to an aromatic ring is 1. The number of hydrogen-bond donors (Lipinski definition) is 3. The molecule has 0 spiro atoms. The van der Waals surface area contributed by atoms with Gasteiger partial charge in [-0.2, -0.15) is 0 Å². The lowest BCUT2D eigenvalue weighted by atomic mass is 10.1. The minimum Gasteiger partial charge on any atom is -0.481 e. The van der Waals surface area contributed by atoms with Crippen LogP contribution in [0.15, 0.2) is 24.3 Å². The zero-order chi connectivity index (χ0) is 12.6. The molecule has 0 bridgehead atoms. The van der Waals surface area contributed by atoms with Crippen molar-refractivity contribution in [3.63, 3.8) is 0 Å². The predicted molar refractivity (Wildman–Crippen MR) is 60.1 cm³/mol. The summed E-state index contributed by atoms with van der Waals surface area (Å²) in [5, 5.41) is 16.1. The summed E-state index contributed by atoms with van der Waals surface area (Å²) in [6.45, 7) is 1.60. The second-order valence-corrected chi connectivity index (χ2v) is 3.06. The number of anilines is 1. The van der Waals surface area contributed by atoms with E-state index in [0.29, 0.717) is 5.69 Å². The quantitative estimate of drug-likeness (QED) is 0.674. The number of hydrogen-bond acceptors (Lipinski definition) is 3. The SMILES string of the molecule is CCC(=O)O.Nc1cccc(CC(=O)O)c1. The lowest BCUT2D eigenvalue weighted by molar-refractivity contribution is -0.137. The van der Waals surface area contributed by atoms with Crippen LogP contribution in [0.2, 0.25) is 0 Å². The van der Waals surface area contributed by atoms with Gasteiger partial charge in [-0.25, -0.2) is 0 Å². The Bertz CT molecular complexity index is 363. The van der Waals surface area contributed by atoms with Crippen LogP contribution in [-0.4, -0.2) is 22.2 Å². The molecule has 0 heterocycles. The van der Waals surface area contributed by atoms with Crippen molar-refractivity contribution in [2.24, 2.45) is 0 Å². The van der Waals surface area contributed by atoms with Crippen molar-refractivity contribution in [1.82, 2.24) is 0 Å². The molecule has 4 N–H and O–H groups in total. The van der Waals surface area contributed by atoms with E-state index in [-0.39, 0.29) is 12.8 Å². The number of carboxylic acids is 2. The molecule has 0 atom stereocenters. The minimum atomic E-state index is -0.837. The van der Waals surface area contributed by atoms with E-state index in [0.717, 1.165) is 5.56 Å². The average Bonchev–Trinajstić information content (AvgIpc) is 2.17. The van der Waals surface area contributed by atoms with Gasteiger partial charge in [0.25, 0.3) is 0 Å². The highest BCUT2D eigenvalue weighted by molar-refractivity contribution is 5.70. The molecule has 0 radical (unpaired) electrons. The van der Waals surface area contributed by atoms with Crippen LogP contribution in [0.25, 0.3) is 0 Å². The van der Waals surface area contributed by atoms with Crippen LogP contribution >= 0.6 is 0 Å². The van der Waals surface area contributed by atoms with E-state index in [9.17, 15) is 9.59 Å². The van der Waals surface area contributed by atoms with Crippen LogP contribution in [0.4, 0.5) is 5.69 Å². The Morgan fingerprint density at radius 1 is 1.25 bits per heavy atom. The van der Waals surface area contributed by atoms with Crippen LogP contribution in [0.1, 0.15) is 18.9 Å². The molecule has 0 aliphatic rings. The van der Waals surface area contributed by atoms with Crippen molar-refractivity contribution >= 4 is 17.6 Å². The molecule has 0 unspecified atom stereocenters. The summed E-state index contributed by atoms with van der Waals surface area (Å²) in [6, 6.07) is 6.87. The highest BCUT2D eigenvalue weighted by Gasteiger charge is 1.98. The Labute approximate surface area is 93.5 Å². The molecule has 0 saturated carbocycles. The molecule has 0 aliphatic heterocycles. The Morgan fingerprint density at radius 3 is 2.19 bits per heavy atom. The maximum atomic E-state index is 10.2. The Balaban J connectivity index is 0.000000385. The monoisotopic (exact) mass is 225 g/mol. The summed E-state index contributed by atoms with van der Waals surface area (Å²) >= 11 is 0. The summed E-state index contributed by atoms with van der Waals surface area (Å²) in [7, 11) is 0. The second-order valence-electron chi connectivity index (χ2n) is 3.06. The first-order valence-electron chi connectivity index (χ1n) is 4.73. The first-order valence-corrected chi connectivity index (χ1v) is 4.73. The standard InChI is InChI=1S/C8H9NO2.C3H6O2/c9-7-3-1-2-6(4-7)5-8(10)11;1-2-3(4)5/h1-4H,5,9H2,(H,10,11);2H2,1H3,(H,4,5). The largest absolute Gasteiger partial charge is 0.481 e. The zero-order valence-corrected chi connectivity index (χ0v) is 9.01. The maximum Gasteiger partial charge on any atom is 0.307 e. The van der Waals surface area contributed by atoms with Gasteiger partial charge in [-0.05, 0) is 17.7 Å². The number of carbonyl (C=O) groups is 2. The van der Waals surface area contributed by atoms with E-state index in [4.69, 9.17) is 15.9 Å². The molecule has 88 valence electrons. The van der Waals surface area contributed by atoms with Gasteiger partial charge < -0.3 is 15.9 Å². The Hall–Kier alpha value is -2.04. The molecule has 0 aliphatic carbocycles. The predicted octanol–water partition coefficient (Wildman–Crippen LogP) is 1.38. The lowest BCUT2D eigenvalue weighted by Gasteiger charge is -1.96. The fraction of sp³-hybridized carbons (Fsp3) is 0.273. The highest BCUT2D eigenvalue weighted by atomic mass is 16.4. The lowest BCUT2D eigenvalue weighted by Crippen LogP contribution is -2.00. The van der Waals surface area contributed by atoms with Crippen molar-refractivity contribution in [2.75, 3.05) is 5.73 Å². The van der Waals surface area contributed by atoms with Gasteiger partial charge in [0.15, 0.2) is 0 Å². The van der Waals surface area contributed by atoms with Crippen LogP contribution < -0.4 is 5.73 Å². The molecule has 1 rings (SSSR count). The van der Waals surface area contributed by atoms with Crippen molar-refractivity contribution in [3.05, 3.63) is 29.8 Å². The van der Waals surface area contributed by atoms with Crippen LogP contribution in [0.5, 0.6) is 0 Å². The van der Waals surface area contributed by atoms with E-state index < -0.39 is 11.9 Å². The first-order chi connectivity index (χ1) is 7.45. The molecule has 5 heteroatoms. The third-order valence-corrected chi connectivity index (χ3v) is 1.61. The number of aliphatic carboxylic acids is 2. The number of benzene rings is 1. The summed E-state index contributed by atoms with van der Waals surface area (Å²) in [4.78, 5) is 19.6. The molecule has 0 fully saturated rings. The molecule has 0 saturated heterocycles. The van der Waals surface area contributed by atoms with Gasteiger partial charge in [-0.3, -0.25) is 9.59 Å². The van der Waals surface area contributed by atoms with Crippen LogP contribution in [-0.2, 0) is 16.0 Å². The molecule has 0 amide bonds. The van der Waals surface area contributed by atoms with Gasteiger partial charge in [-0.1, -0.05) is 19.1 Å². The summed E-state index contributed by atoms with van der Waals surface area (Å²) in [6.07, 6.45) is 0.255. The van der Waals surface area contributed by atoms with Crippen molar-refractivity contribution in [1.29, 1.82) is 0 Å². The molecular weight excluding hydrogens is 210 g/mol. The summed E-state index contributed by atoms with van der Waals surface area (Å²) in [5.41, 5.74) is 6.78. The number of carboxylic acid groups (broad SMARTS) is 2. The fourth-order valence-electron chi connectivity index (χ4n) is 0.878. The molecular formula is C11H15NO4. The average molecular weight is 225 g/mol. The number of nitrogens with two attached hydrogens (primary N) is 1. The van der Waals surface area contributed by atoms with E-state index in [1.54, 1.807) is 31.2 Å². The van der Waals surface area contributed by atoms with Gasteiger partial charge in [-0.15, -0.1) is 0 Å². The van der Waals surface area contributed by atoms with Gasteiger partial charge in [0, 0.05) is 12.1 Å². The topological polar surface area (TPSA) is 101 Å². The van der Waals surface area contributed by atoms with E-state index in [2.05, 4.69) is 0 Å². The van der Waals surface area contributed by atoms with Crippen LogP contribution in [0.3, 0.4) is 0 Å². The van der Waals surface area contributed by atoms with Crippen molar-refractivity contribution in [2.45, 2.75) is 19.8 Å². The van der Waals surface area contributed by atoms with Crippen molar-refractivity contribution in [3.8, 4) is 0 Å². The van der Waals surface area contributed by atoms with E-state index >= 15 is 0 Å². The first kappa shape index (κ1) is 14.0. The third kappa shape index (κ3) is 7.37. The number of rotatable bonds is 3. The van der Waals surface area contributed by atoms with Gasteiger partial charge in [0.2, 0.25) is 0 Å². The normalized spacial score (nSPS) is 8.81. The Morgan fingerprint density at radius 2 is 1.81 bits per heavy atom. The van der Waals surface area contributed by atoms with Gasteiger partial charge >= 0.3 is 11.9 Å². The molecule has 0 aromatic heterocycles. The van der Waals surface area contributed by atoms with E-state index in [1.165, 1.54) is 0 Å². The van der Waals surface area contributed by atoms with Gasteiger partial charge in [0.1, 0.15) is 0 Å². The van der Waals surface area contributed by atoms with Gasteiger partial charge in [0.05, 0.1) is 6.42 Å². The molecule has 1 aromatic rings. The second kappa shape index (κ2) is 7.28. The third-order valence-electron chi connectivity index (χ3n) is 1.61. The zero-order valence-electron chi connectivity index (χ0n) is 9.01. The molecule has 5 nitrogen and oxygen atoms in total. The van der Waals surface area contributed by atoms with Crippen molar-refractivity contribution < 1.29 is 19.8 Å². The highest BCUT2D eigenvalue weighted by Crippen LogP contribution is 2.06. The Kier molecular flexibility index (Phi) is 6.35. The van der Waals surface area contributed by atoms with Crippen LogP contribution in [0, 0.1) is 0 Å².